The zero-order valence-corrected chi connectivity index (χ0v) is 13.1. The Balaban J connectivity index is 0.00000200. The largest absolute Gasteiger partial charge is 0.354 e. The summed E-state index contributed by atoms with van der Waals surface area (Å²) in [4.78, 5) is 15.7. The van der Waals surface area contributed by atoms with E-state index in [4.69, 9.17) is 5.73 Å². The average Bonchev–Trinajstić information content (AvgIpc) is 2.93. The van der Waals surface area contributed by atoms with Crippen molar-refractivity contribution in [1.82, 2.24) is 14.9 Å². The van der Waals surface area contributed by atoms with Crippen LogP contribution in [0.15, 0.2) is 49.1 Å². The molecule has 1 amide bonds. The van der Waals surface area contributed by atoms with Gasteiger partial charge < -0.3 is 15.6 Å². The van der Waals surface area contributed by atoms with E-state index < -0.39 is 0 Å². The van der Waals surface area contributed by atoms with Crippen molar-refractivity contribution in [3.63, 3.8) is 0 Å². The van der Waals surface area contributed by atoms with Crippen LogP contribution in [-0.4, -0.2) is 22.0 Å². The van der Waals surface area contributed by atoms with Crippen LogP contribution in [0.2, 0.25) is 0 Å². The zero-order chi connectivity index (χ0) is 13.5. The molecule has 7 heteroatoms. The normalized spacial score (nSPS) is 10.9. The number of nitrogens with zero attached hydrogens (tertiary/aromatic N) is 2. The SMILES string of the molecule is Cl.Cl.NC(CC(=O)NCCn1ccnc1)c1ccccc1. The van der Waals surface area contributed by atoms with Crippen molar-refractivity contribution in [1.29, 1.82) is 0 Å². The fourth-order valence-electron chi connectivity index (χ4n) is 1.83. The molecule has 0 aliphatic carbocycles. The summed E-state index contributed by atoms with van der Waals surface area (Å²) in [7, 11) is 0. The summed E-state index contributed by atoms with van der Waals surface area (Å²) in [5.41, 5.74) is 6.97. The van der Waals surface area contributed by atoms with E-state index in [2.05, 4.69) is 10.3 Å². The van der Waals surface area contributed by atoms with E-state index in [9.17, 15) is 4.79 Å². The summed E-state index contributed by atoms with van der Waals surface area (Å²) in [6, 6.07) is 9.39. The summed E-state index contributed by atoms with van der Waals surface area (Å²) in [5, 5.41) is 2.85. The number of halogens is 2. The van der Waals surface area contributed by atoms with Crippen LogP contribution < -0.4 is 11.1 Å². The zero-order valence-electron chi connectivity index (χ0n) is 11.5. The number of hydrogen-bond donors (Lipinski definition) is 2. The highest BCUT2D eigenvalue weighted by atomic mass is 35.5. The molecular weight excluding hydrogens is 311 g/mol. The minimum absolute atomic E-state index is 0. The number of hydrogen-bond acceptors (Lipinski definition) is 3. The molecule has 0 saturated heterocycles. The number of amides is 1. The van der Waals surface area contributed by atoms with Crippen molar-refractivity contribution in [3.8, 4) is 0 Å². The van der Waals surface area contributed by atoms with Crippen molar-refractivity contribution in [2.75, 3.05) is 6.54 Å². The highest BCUT2D eigenvalue weighted by Crippen LogP contribution is 2.12. The lowest BCUT2D eigenvalue weighted by atomic mass is 10.0. The average molecular weight is 331 g/mol. The number of benzene rings is 1. The van der Waals surface area contributed by atoms with Gasteiger partial charge in [0.15, 0.2) is 0 Å². The van der Waals surface area contributed by atoms with Gasteiger partial charge in [-0.2, -0.15) is 0 Å². The minimum Gasteiger partial charge on any atom is -0.354 e. The first-order chi connectivity index (χ1) is 9.25. The molecule has 5 nitrogen and oxygen atoms in total. The number of rotatable bonds is 6. The van der Waals surface area contributed by atoms with Gasteiger partial charge in [0.05, 0.1) is 6.33 Å². The monoisotopic (exact) mass is 330 g/mol. The number of carbonyl (C=O) groups is 1. The van der Waals surface area contributed by atoms with E-state index in [1.807, 2.05) is 41.1 Å². The summed E-state index contributed by atoms with van der Waals surface area (Å²) in [5.74, 6) is -0.0310. The molecule has 2 aromatic rings. The molecule has 0 saturated carbocycles. The molecule has 0 fully saturated rings. The molecule has 21 heavy (non-hydrogen) atoms. The van der Waals surface area contributed by atoms with Crippen LogP contribution in [0.4, 0.5) is 0 Å². The molecule has 0 radical (unpaired) electrons. The lowest BCUT2D eigenvalue weighted by Crippen LogP contribution is -2.30. The maximum absolute atomic E-state index is 11.7. The number of imidazole rings is 1. The van der Waals surface area contributed by atoms with E-state index in [0.717, 1.165) is 5.56 Å². The molecule has 2 rings (SSSR count). The maximum Gasteiger partial charge on any atom is 0.221 e. The summed E-state index contributed by atoms with van der Waals surface area (Å²) in [6.07, 6.45) is 5.60. The van der Waals surface area contributed by atoms with Crippen molar-refractivity contribution in [3.05, 3.63) is 54.6 Å². The number of nitrogens with one attached hydrogen (secondary N) is 1. The van der Waals surface area contributed by atoms with E-state index >= 15 is 0 Å². The van der Waals surface area contributed by atoms with E-state index in [1.54, 1.807) is 12.5 Å². The highest BCUT2D eigenvalue weighted by molar-refractivity contribution is 5.85. The second kappa shape index (κ2) is 10.2. The van der Waals surface area contributed by atoms with Gasteiger partial charge in [-0.3, -0.25) is 4.79 Å². The van der Waals surface area contributed by atoms with Crippen LogP contribution in [0.1, 0.15) is 18.0 Å². The van der Waals surface area contributed by atoms with Gasteiger partial charge in [-0.25, -0.2) is 4.98 Å². The molecular formula is C14H20Cl2N4O. The molecule has 1 heterocycles. The fraction of sp³-hybridized carbons (Fsp3) is 0.286. The Morgan fingerprint density at radius 3 is 2.62 bits per heavy atom. The lowest BCUT2D eigenvalue weighted by Gasteiger charge is -2.12. The predicted molar refractivity (Wildman–Crippen MR) is 87.7 cm³/mol. The quantitative estimate of drug-likeness (QED) is 0.850. The third-order valence-electron chi connectivity index (χ3n) is 2.88. The van der Waals surface area contributed by atoms with Crippen LogP contribution in [0.3, 0.4) is 0 Å². The van der Waals surface area contributed by atoms with Gasteiger partial charge in [0.25, 0.3) is 0 Å². The first-order valence-corrected chi connectivity index (χ1v) is 6.28. The summed E-state index contributed by atoms with van der Waals surface area (Å²) in [6.45, 7) is 1.29. The highest BCUT2D eigenvalue weighted by Gasteiger charge is 2.10. The topological polar surface area (TPSA) is 72.9 Å². The van der Waals surface area contributed by atoms with Gasteiger partial charge in [-0.1, -0.05) is 30.3 Å². The van der Waals surface area contributed by atoms with Crippen LogP contribution >= 0.6 is 24.8 Å². The van der Waals surface area contributed by atoms with Gasteiger partial charge in [-0.15, -0.1) is 24.8 Å². The summed E-state index contributed by atoms with van der Waals surface area (Å²) >= 11 is 0. The van der Waals surface area contributed by atoms with E-state index in [1.165, 1.54) is 0 Å². The third-order valence-corrected chi connectivity index (χ3v) is 2.88. The predicted octanol–water partition coefficient (Wildman–Crippen LogP) is 1.93. The molecule has 1 aromatic heterocycles. The lowest BCUT2D eigenvalue weighted by molar-refractivity contribution is -0.121. The second-order valence-electron chi connectivity index (χ2n) is 4.37. The third kappa shape index (κ3) is 6.62. The van der Waals surface area contributed by atoms with Crippen molar-refractivity contribution < 1.29 is 4.79 Å². The maximum atomic E-state index is 11.7. The van der Waals surface area contributed by atoms with Gasteiger partial charge in [-0.05, 0) is 5.56 Å². The molecule has 3 N–H and O–H groups in total. The molecule has 116 valence electrons. The Bertz CT molecular complexity index is 505. The standard InChI is InChI=1S/C14H18N4O.2ClH/c15-13(12-4-2-1-3-5-12)10-14(19)17-7-9-18-8-6-16-11-18;;/h1-6,8,11,13H,7,9-10,15H2,(H,17,19);2*1H. The Morgan fingerprint density at radius 1 is 1.29 bits per heavy atom. The second-order valence-corrected chi connectivity index (χ2v) is 4.37. The molecule has 1 aromatic carbocycles. The summed E-state index contributed by atoms with van der Waals surface area (Å²) < 4.78 is 1.91. The van der Waals surface area contributed by atoms with Gasteiger partial charge in [0, 0.05) is 37.9 Å². The molecule has 0 aliphatic rings. The van der Waals surface area contributed by atoms with Gasteiger partial charge in [0.2, 0.25) is 5.91 Å². The van der Waals surface area contributed by atoms with Crippen LogP contribution in [0, 0.1) is 0 Å². The van der Waals surface area contributed by atoms with Crippen molar-refractivity contribution >= 4 is 30.7 Å². The first-order valence-electron chi connectivity index (χ1n) is 6.28. The number of aromatic nitrogens is 2. The Kier molecular flexibility index (Phi) is 9.45. The molecule has 1 atom stereocenters. The van der Waals surface area contributed by atoms with Crippen molar-refractivity contribution in [2.45, 2.75) is 19.0 Å². The Hall–Kier alpha value is -1.56. The molecule has 0 aliphatic heterocycles. The Morgan fingerprint density at radius 2 is 2.00 bits per heavy atom. The van der Waals surface area contributed by atoms with Crippen molar-refractivity contribution in [2.24, 2.45) is 5.73 Å². The van der Waals surface area contributed by atoms with E-state index in [-0.39, 0.29) is 36.8 Å². The molecule has 1 unspecified atom stereocenters. The van der Waals surface area contributed by atoms with Gasteiger partial charge in [0.1, 0.15) is 0 Å². The number of nitrogens with two attached hydrogens (primary N) is 1. The van der Waals surface area contributed by atoms with E-state index in [0.29, 0.717) is 19.5 Å². The smallest absolute Gasteiger partial charge is 0.221 e. The van der Waals surface area contributed by atoms with Crippen LogP contribution in [0.25, 0.3) is 0 Å². The molecule has 0 spiro atoms. The fourth-order valence-corrected chi connectivity index (χ4v) is 1.83. The molecule has 0 bridgehead atoms. The first kappa shape index (κ1) is 19.4. The Labute approximate surface area is 136 Å². The van der Waals surface area contributed by atoms with Crippen LogP contribution in [-0.2, 0) is 11.3 Å². The van der Waals surface area contributed by atoms with Gasteiger partial charge >= 0.3 is 0 Å². The minimum atomic E-state index is -0.255. The van der Waals surface area contributed by atoms with Crippen LogP contribution in [0.5, 0.6) is 0 Å². The number of carbonyl (C=O) groups excluding carboxylic acids is 1.